The molecule has 0 aromatic carbocycles. The van der Waals surface area contributed by atoms with Crippen molar-refractivity contribution in [2.75, 3.05) is 5.33 Å². The number of rotatable bonds is 3. The summed E-state index contributed by atoms with van der Waals surface area (Å²) in [7, 11) is 0. The van der Waals surface area contributed by atoms with Crippen LogP contribution in [0.1, 0.15) is 6.42 Å². The maximum atomic E-state index is 9.79. The van der Waals surface area contributed by atoms with Gasteiger partial charge in [-0.2, -0.15) is 0 Å². The highest BCUT2D eigenvalue weighted by atomic mass is 79.9. The molecule has 0 unspecified atom stereocenters. The van der Waals surface area contributed by atoms with Crippen LogP contribution in [0.4, 0.5) is 0 Å². The minimum atomic E-state index is -0.975. The van der Waals surface area contributed by atoms with Gasteiger partial charge in [0.2, 0.25) is 0 Å². The molecule has 0 saturated heterocycles. The number of alkyl halides is 1. The fourth-order valence-electron chi connectivity index (χ4n) is 0.256. The van der Waals surface area contributed by atoms with E-state index < -0.39 is 12.1 Å². The molecular weight excluding hydrogens is 176 g/mol. The quantitative estimate of drug-likeness (QED) is 0.615. The van der Waals surface area contributed by atoms with Crippen molar-refractivity contribution >= 4 is 21.9 Å². The predicted molar refractivity (Wildman–Crippen MR) is 32.1 cm³/mol. The lowest BCUT2D eigenvalue weighted by atomic mass is 10.3. The van der Waals surface area contributed by atoms with Crippen LogP contribution in [0.25, 0.3) is 0 Å². The Balaban J connectivity index is 3.24. The Labute approximate surface area is 55.5 Å². The van der Waals surface area contributed by atoms with E-state index in [-0.39, 0.29) is 6.42 Å². The van der Waals surface area contributed by atoms with Crippen LogP contribution in [0.3, 0.4) is 0 Å². The maximum Gasteiger partial charge on any atom is 0.306 e. The number of aliphatic hydroxyl groups excluding tert-OH is 1. The number of aliphatic hydroxyl groups is 1. The second-order valence-electron chi connectivity index (χ2n) is 1.41. The summed E-state index contributed by atoms with van der Waals surface area (Å²) in [5.74, 6) is -0.975. The standard InChI is InChI=1S/C4H7BrO3/c5-2-3(6)1-4(7)8/h3,6H,1-2H2,(H,7,8)/t3-/m1/s1. The van der Waals surface area contributed by atoms with Gasteiger partial charge in [-0.05, 0) is 0 Å². The first-order valence-corrected chi connectivity index (χ1v) is 3.24. The summed E-state index contributed by atoms with van der Waals surface area (Å²) in [6.07, 6.45) is -0.946. The molecule has 0 heterocycles. The van der Waals surface area contributed by atoms with Gasteiger partial charge < -0.3 is 10.2 Å². The van der Waals surface area contributed by atoms with Crippen molar-refractivity contribution < 1.29 is 15.0 Å². The van der Waals surface area contributed by atoms with Crippen LogP contribution in [-0.2, 0) is 4.79 Å². The number of hydrogen-bond donors (Lipinski definition) is 2. The van der Waals surface area contributed by atoms with Gasteiger partial charge in [-0.1, -0.05) is 15.9 Å². The highest BCUT2D eigenvalue weighted by Gasteiger charge is 2.05. The maximum absolute atomic E-state index is 9.79. The number of carboxylic acids is 1. The van der Waals surface area contributed by atoms with Crippen molar-refractivity contribution in [2.24, 2.45) is 0 Å². The molecular formula is C4H7BrO3. The summed E-state index contributed by atoms with van der Waals surface area (Å²) in [4.78, 5) is 9.79. The van der Waals surface area contributed by atoms with Crippen molar-refractivity contribution in [1.82, 2.24) is 0 Å². The first-order chi connectivity index (χ1) is 3.66. The van der Waals surface area contributed by atoms with Crippen molar-refractivity contribution in [3.05, 3.63) is 0 Å². The summed E-state index contributed by atoms with van der Waals surface area (Å²) < 4.78 is 0. The molecule has 0 aliphatic carbocycles. The molecule has 2 N–H and O–H groups in total. The molecule has 1 atom stereocenters. The normalized spacial score (nSPS) is 13.2. The lowest BCUT2D eigenvalue weighted by molar-refractivity contribution is -0.138. The molecule has 0 bridgehead atoms. The fraction of sp³-hybridized carbons (Fsp3) is 0.750. The Morgan fingerprint density at radius 3 is 2.38 bits per heavy atom. The van der Waals surface area contributed by atoms with Gasteiger partial charge in [0.25, 0.3) is 0 Å². The van der Waals surface area contributed by atoms with Gasteiger partial charge in [0.05, 0.1) is 12.5 Å². The van der Waals surface area contributed by atoms with Crippen molar-refractivity contribution in [3.63, 3.8) is 0 Å². The van der Waals surface area contributed by atoms with E-state index in [4.69, 9.17) is 10.2 Å². The average molecular weight is 183 g/mol. The number of halogens is 1. The molecule has 0 radical (unpaired) electrons. The van der Waals surface area contributed by atoms with Gasteiger partial charge in [-0.15, -0.1) is 0 Å². The zero-order valence-electron chi connectivity index (χ0n) is 4.17. The molecule has 4 heteroatoms. The minimum absolute atomic E-state index is 0.189. The molecule has 0 aromatic heterocycles. The van der Waals surface area contributed by atoms with Gasteiger partial charge >= 0.3 is 5.97 Å². The topological polar surface area (TPSA) is 57.5 Å². The first kappa shape index (κ1) is 7.91. The van der Waals surface area contributed by atoms with Crippen LogP contribution in [0, 0.1) is 0 Å². The monoisotopic (exact) mass is 182 g/mol. The molecule has 0 rings (SSSR count). The smallest absolute Gasteiger partial charge is 0.306 e. The summed E-state index contributed by atoms with van der Waals surface area (Å²) in [5, 5.41) is 17.0. The Hall–Kier alpha value is -0.0900. The van der Waals surface area contributed by atoms with Crippen LogP contribution in [-0.4, -0.2) is 27.6 Å². The summed E-state index contributed by atoms with van der Waals surface area (Å²) in [5.41, 5.74) is 0. The largest absolute Gasteiger partial charge is 0.481 e. The van der Waals surface area contributed by atoms with Gasteiger partial charge in [-0.3, -0.25) is 4.79 Å². The number of hydrogen-bond acceptors (Lipinski definition) is 2. The van der Waals surface area contributed by atoms with Crippen LogP contribution >= 0.6 is 15.9 Å². The Morgan fingerprint density at radius 2 is 2.25 bits per heavy atom. The van der Waals surface area contributed by atoms with Gasteiger partial charge in [-0.25, -0.2) is 0 Å². The van der Waals surface area contributed by atoms with Crippen LogP contribution in [0.2, 0.25) is 0 Å². The van der Waals surface area contributed by atoms with Crippen LogP contribution in [0.5, 0.6) is 0 Å². The van der Waals surface area contributed by atoms with Crippen LogP contribution < -0.4 is 0 Å². The van der Waals surface area contributed by atoms with E-state index in [1.54, 1.807) is 0 Å². The Bertz CT molecular complexity index is 83.4. The van der Waals surface area contributed by atoms with E-state index in [0.717, 1.165) is 0 Å². The molecule has 3 nitrogen and oxygen atoms in total. The number of carbonyl (C=O) groups is 1. The molecule has 0 aliphatic rings. The van der Waals surface area contributed by atoms with E-state index in [9.17, 15) is 4.79 Å². The minimum Gasteiger partial charge on any atom is -0.481 e. The molecule has 0 aromatic rings. The first-order valence-electron chi connectivity index (χ1n) is 2.12. The molecule has 0 spiro atoms. The third kappa shape index (κ3) is 4.08. The van der Waals surface area contributed by atoms with E-state index in [0.29, 0.717) is 5.33 Å². The third-order valence-corrected chi connectivity index (χ3v) is 1.34. The van der Waals surface area contributed by atoms with Crippen LogP contribution in [0.15, 0.2) is 0 Å². The molecule has 0 amide bonds. The molecule has 0 aliphatic heterocycles. The van der Waals surface area contributed by atoms with Gasteiger partial charge in [0, 0.05) is 5.33 Å². The molecule has 0 fully saturated rings. The Morgan fingerprint density at radius 1 is 1.75 bits per heavy atom. The summed E-state index contributed by atoms with van der Waals surface area (Å²) >= 11 is 2.93. The number of carboxylic acid groups (broad SMARTS) is 1. The second kappa shape index (κ2) is 3.86. The van der Waals surface area contributed by atoms with Crippen molar-refractivity contribution in [3.8, 4) is 0 Å². The zero-order valence-corrected chi connectivity index (χ0v) is 5.76. The van der Waals surface area contributed by atoms with E-state index in [2.05, 4.69) is 15.9 Å². The highest BCUT2D eigenvalue weighted by Crippen LogP contribution is 1.94. The van der Waals surface area contributed by atoms with E-state index >= 15 is 0 Å². The van der Waals surface area contributed by atoms with E-state index in [1.165, 1.54) is 0 Å². The van der Waals surface area contributed by atoms with Crippen molar-refractivity contribution in [2.45, 2.75) is 12.5 Å². The second-order valence-corrected chi connectivity index (χ2v) is 2.05. The lowest BCUT2D eigenvalue weighted by Crippen LogP contribution is -2.13. The molecule has 8 heavy (non-hydrogen) atoms. The zero-order chi connectivity index (χ0) is 6.57. The summed E-state index contributed by atoms with van der Waals surface area (Å²) in [6, 6.07) is 0. The lowest BCUT2D eigenvalue weighted by Gasteiger charge is -1.99. The van der Waals surface area contributed by atoms with Crippen molar-refractivity contribution in [1.29, 1.82) is 0 Å². The van der Waals surface area contributed by atoms with E-state index in [1.807, 2.05) is 0 Å². The average Bonchev–Trinajstić information content (AvgIpc) is 1.65. The third-order valence-electron chi connectivity index (χ3n) is 0.588. The predicted octanol–water partition coefficient (Wildman–Crippen LogP) is 0.217. The summed E-state index contributed by atoms with van der Waals surface area (Å²) in [6.45, 7) is 0. The Kier molecular flexibility index (Phi) is 3.81. The SMILES string of the molecule is O=C(O)C[C@@H](O)CBr. The fourth-order valence-corrected chi connectivity index (χ4v) is 0.485. The molecule has 0 saturated carbocycles. The number of aliphatic carboxylic acids is 1. The van der Waals surface area contributed by atoms with Gasteiger partial charge in [0.15, 0.2) is 0 Å². The molecule has 48 valence electrons. The van der Waals surface area contributed by atoms with Gasteiger partial charge in [0.1, 0.15) is 0 Å². The highest BCUT2D eigenvalue weighted by molar-refractivity contribution is 9.09.